The molecule has 0 aromatic carbocycles. The minimum absolute atomic E-state index is 0.154. The predicted octanol–water partition coefficient (Wildman–Crippen LogP) is 1.31. The van der Waals surface area contributed by atoms with Gasteiger partial charge in [0.15, 0.2) is 5.65 Å². The number of hydrogen-bond donors (Lipinski definition) is 2. The number of aromatic nitrogens is 4. The molecule has 0 saturated heterocycles. The van der Waals surface area contributed by atoms with Crippen molar-refractivity contribution in [1.29, 1.82) is 0 Å². The van der Waals surface area contributed by atoms with Crippen LogP contribution in [0.1, 0.15) is 0 Å². The molecule has 0 bridgehead atoms. The van der Waals surface area contributed by atoms with Crippen LogP contribution in [0.25, 0.3) is 22.2 Å². The molecule has 3 heterocycles. The van der Waals surface area contributed by atoms with Crippen molar-refractivity contribution in [2.75, 3.05) is 0 Å². The summed E-state index contributed by atoms with van der Waals surface area (Å²) in [6.45, 7) is 0. The van der Waals surface area contributed by atoms with Crippen LogP contribution in [0, 0.1) is 0 Å². The van der Waals surface area contributed by atoms with Crippen LogP contribution in [-0.4, -0.2) is 20.2 Å². The molecule has 0 radical (unpaired) electrons. The number of H-pyrrole nitrogens is 2. The first kappa shape index (κ1) is 8.84. The number of nitrogens with one attached hydrogen (secondary N) is 2. The molecular formula is C11H8N4O. The molecule has 3 rings (SSSR count). The number of fused-ring (bicyclic) bond motifs is 1. The lowest BCUT2D eigenvalue weighted by molar-refractivity contribution is 1.06. The molecule has 2 N–H and O–H groups in total. The van der Waals surface area contributed by atoms with Crippen LogP contribution >= 0.6 is 0 Å². The number of nitrogens with zero attached hydrogens (tertiary/aromatic N) is 2. The molecule has 0 aliphatic carbocycles. The summed E-state index contributed by atoms with van der Waals surface area (Å²) < 4.78 is 0. The molecule has 3 aromatic rings. The highest BCUT2D eigenvalue weighted by molar-refractivity contribution is 5.79. The van der Waals surface area contributed by atoms with Crippen LogP contribution in [0.2, 0.25) is 0 Å². The van der Waals surface area contributed by atoms with E-state index in [0.29, 0.717) is 11.0 Å². The van der Waals surface area contributed by atoms with Gasteiger partial charge in [-0.2, -0.15) is 0 Å². The number of hydrogen-bond acceptors (Lipinski definition) is 3. The second-order valence-corrected chi connectivity index (χ2v) is 3.44. The van der Waals surface area contributed by atoms with E-state index in [1.165, 1.54) is 0 Å². The Bertz CT molecular complexity index is 684. The normalized spacial score (nSPS) is 10.8. The second kappa shape index (κ2) is 3.30. The van der Waals surface area contributed by atoms with Crippen molar-refractivity contribution in [3.8, 4) is 11.1 Å². The molecule has 0 amide bonds. The average Bonchev–Trinajstić information content (AvgIpc) is 2.72. The van der Waals surface area contributed by atoms with Crippen LogP contribution in [0.5, 0.6) is 0 Å². The maximum absolute atomic E-state index is 11.4. The molecule has 0 aliphatic rings. The third-order valence-electron chi connectivity index (χ3n) is 2.44. The van der Waals surface area contributed by atoms with E-state index >= 15 is 0 Å². The van der Waals surface area contributed by atoms with E-state index in [1.807, 2.05) is 18.2 Å². The maximum Gasteiger partial charge on any atom is 0.273 e. The maximum atomic E-state index is 11.4. The first-order chi connectivity index (χ1) is 7.84. The predicted molar refractivity (Wildman–Crippen MR) is 59.9 cm³/mol. The largest absolute Gasteiger partial charge is 0.281 e. The van der Waals surface area contributed by atoms with Crippen LogP contribution in [0.15, 0.2) is 41.6 Å². The van der Waals surface area contributed by atoms with Gasteiger partial charge >= 0.3 is 0 Å². The van der Waals surface area contributed by atoms with Gasteiger partial charge in [-0.15, -0.1) is 0 Å². The Kier molecular flexibility index (Phi) is 1.83. The van der Waals surface area contributed by atoms with Crippen molar-refractivity contribution in [1.82, 2.24) is 20.2 Å². The number of rotatable bonds is 1. The van der Waals surface area contributed by atoms with Crippen molar-refractivity contribution in [3.05, 3.63) is 47.1 Å². The zero-order valence-corrected chi connectivity index (χ0v) is 8.27. The summed E-state index contributed by atoms with van der Waals surface area (Å²) in [5.41, 5.74) is 2.31. The molecule has 0 saturated carbocycles. The molecule has 0 fully saturated rings. The molecule has 16 heavy (non-hydrogen) atoms. The minimum Gasteiger partial charge on any atom is -0.281 e. The first-order valence-corrected chi connectivity index (χ1v) is 4.81. The molecule has 0 atom stereocenters. The van der Waals surface area contributed by atoms with E-state index in [9.17, 15) is 4.79 Å². The van der Waals surface area contributed by atoms with Crippen LogP contribution in [0.3, 0.4) is 0 Å². The fourth-order valence-electron chi connectivity index (χ4n) is 1.62. The fourth-order valence-corrected chi connectivity index (χ4v) is 1.62. The van der Waals surface area contributed by atoms with Gasteiger partial charge in [0.2, 0.25) is 0 Å². The van der Waals surface area contributed by atoms with Crippen LogP contribution in [0.4, 0.5) is 0 Å². The smallest absolute Gasteiger partial charge is 0.273 e. The fraction of sp³-hybridized carbons (Fsp3) is 0. The van der Waals surface area contributed by atoms with E-state index in [4.69, 9.17) is 0 Å². The number of pyridine rings is 2. The zero-order chi connectivity index (χ0) is 11.0. The van der Waals surface area contributed by atoms with Crippen LogP contribution in [-0.2, 0) is 0 Å². The van der Waals surface area contributed by atoms with Crippen molar-refractivity contribution in [2.45, 2.75) is 0 Å². The summed E-state index contributed by atoms with van der Waals surface area (Å²) in [5, 5.41) is 5.77. The Balaban J connectivity index is 2.26. The monoisotopic (exact) mass is 212 g/mol. The van der Waals surface area contributed by atoms with Gasteiger partial charge in [0, 0.05) is 24.2 Å². The highest BCUT2D eigenvalue weighted by Crippen LogP contribution is 2.19. The second-order valence-electron chi connectivity index (χ2n) is 3.44. The van der Waals surface area contributed by atoms with Gasteiger partial charge in [-0.05, 0) is 23.8 Å². The van der Waals surface area contributed by atoms with Crippen molar-refractivity contribution < 1.29 is 0 Å². The highest BCUT2D eigenvalue weighted by Gasteiger charge is 2.04. The van der Waals surface area contributed by atoms with Crippen molar-refractivity contribution in [3.63, 3.8) is 0 Å². The van der Waals surface area contributed by atoms with Crippen molar-refractivity contribution >= 4 is 11.0 Å². The lowest BCUT2D eigenvalue weighted by atomic mass is 10.1. The standard InChI is InChI=1S/C11H8N4O/c16-11-9-5-8(6-13-10(9)14-15-11)7-1-3-12-4-2-7/h1-6H,(H2,13,14,15,16). The van der Waals surface area contributed by atoms with Gasteiger partial charge in [-0.1, -0.05) is 0 Å². The summed E-state index contributed by atoms with van der Waals surface area (Å²) in [5.74, 6) is 0. The summed E-state index contributed by atoms with van der Waals surface area (Å²) in [6.07, 6.45) is 5.14. The average molecular weight is 212 g/mol. The zero-order valence-electron chi connectivity index (χ0n) is 8.27. The van der Waals surface area contributed by atoms with Crippen molar-refractivity contribution in [2.24, 2.45) is 0 Å². The van der Waals surface area contributed by atoms with E-state index < -0.39 is 0 Å². The summed E-state index contributed by atoms with van der Waals surface area (Å²) in [7, 11) is 0. The van der Waals surface area contributed by atoms with E-state index in [1.54, 1.807) is 18.6 Å². The molecule has 5 heteroatoms. The van der Waals surface area contributed by atoms with E-state index in [0.717, 1.165) is 11.1 Å². The highest BCUT2D eigenvalue weighted by atomic mass is 16.1. The Labute approximate surface area is 90.2 Å². The molecule has 5 nitrogen and oxygen atoms in total. The molecule has 0 unspecified atom stereocenters. The van der Waals surface area contributed by atoms with E-state index in [2.05, 4.69) is 20.2 Å². The summed E-state index contributed by atoms with van der Waals surface area (Å²) >= 11 is 0. The Morgan fingerprint density at radius 3 is 2.69 bits per heavy atom. The third-order valence-corrected chi connectivity index (χ3v) is 2.44. The lowest BCUT2D eigenvalue weighted by Gasteiger charge is -1.99. The minimum atomic E-state index is -0.154. The first-order valence-electron chi connectivity index (χ1n) is 4.81. The summed E-state index contributed by atoms with van der Waals surface area (Å²) in [6, 6.07) is 5.57. The Morgan fingerprint density at radius 2 is 1.88 bits per heavy atom. The van der Waals surface area contributed by atoms with Gasteiger partial charge in [-0.25, -0.2) is 4.98 Å². The number of aromatic amines is 2. The quantitative estimate of drug-likeness (QED) is 0.638. The SMILES string of the molecule is O=c1[nH][nH]c2ncc(-c3ccncc3)cc12. The van der Waals surface area contributed by atoms with Gasteiger partial charge in [0.25, 0.3) is 5.56 Å². The third kappa shape index (κ3) is 1.30. The summed E-state index contributed by atoms with van der Waals surface area (Å²) in [4.78, 5) is 19.5. The van der Waals surface area contributed by atoms with Gasteiger partial charge in [-0.3, -0.25) is 20.0 Å². The van der Waals surface area contributed by atoms with Crippen LogP contribution < -0.4 is 5.56 Å². The van der Waals surface area contributed by atoms with Gasteiger partial charge in [0.1, 0.15) is 0 Å². The molecular weight excluding hydrogens is 204 g/mol. The molecule has 3 aromatic heterocycles. The molecule has 0 spiro atoms. The van der Waals surface area contributed by atoms with E-state index in [-0.39, 0.29) is 5.56 Å². The molecule has 78 valence electrons. The van der Waals surface area contributed by atoms with Gasteiger partial charge in [0.05, 0.1) is 5.39 Å². The molecule has 0 aliphatic heterocycles. The lowest BCUT2D eigenvalue weighted by Crippen LogP contribution is -1.97. The topological polar surface area (TPSA) is 74.4 Å². The van der Waals surface area contributed by atoms with Gasteiger partial charge < -0.3 is 0 Å². The Hall–Kier alpha value is -2.43. The Morgan fingerprint density at radius 1 is 1.06 bits per heavy atom.